The van der Waals surface area contributed by atoms with Gasteiger partial charge in [0.1, 0.15) is 12.6 Å². The Kier molecular flexibility index (Phi) is 10.3. The monoisotopic (exact) mass is 409 g/mol. The topological polar surface area (TPSA) is 131 Å². The van der Waals surface area contributed by atoms with Crippen molar-refractivity contribution in [3.8, 4) is 0 Å². The van der Waals surface area contributed by atoms with Gasteiger partial charge in [-0.3, -0.25) is 24.0 Å². The second-order valence-electron chi connectivity index (χ2n) is 5.53. The van der Waals surface area contributed by atoms with Crippen LogP contribution in [0.4, 0.5) is 0 Å². The van der Waals surface area contributed by atoms with E-state index in [0.717, 1.165) is 11.8 Å². The number of hydrogen-bond acceptors (Lipinski definition) is 7. The van der Waals surface area contributed by atoms with Gasteiger partial charge in [0, 0.05) is 5.56 Å². The molecule has 28 heavy (non-hydrogen) atoms. The molecule has 0 saturated heterocycles. The minimum atomic E-state index is -0.895. The maximum Gasteiger partial charge on any atom is 0.325 e. The molecule has 0 unspecified atom stereocenters. The molecule has 1 rings (SSSR count). The Hall–Kier alpha value is -2.88. The molecule has 10 heteroatoms. The molecule has 9 nitrogen and oxygen atoms in total. The molecule has 0 radical (unpaired) electrons. The highest BCUT2D eigenvalue weighted by Gasteiger charge is 2.17. The summed E-state index contributed by atoms with van der Waals surface area (Å²) < 4.78 is 4.67. The third kappa shape index (κ3) is 9.17. The van der Waals surface area contributed by atoms with E-state index >= 15 is 0 Å². The summed E-state index contributed by atoms with van der Waals surface area (Å²) in [6.45, 7) is 2.65. The first-order chi connectivity index (χ1) is 13.3. The predicted octanol–water partition coefficient (Wildman–Crippen LogP) is -0.140. The summed E-state index contributed by atoms with van der Waals surface area (Å²) in [6.07, 6.45) is 0. The SMILES string of the molecule is CCOC(=O)CNC(=O)[C@@H](C)NC(=O)CNC(=O)CSC(=O)c1ccccc1. The Morgan fingerprint density at radius 3 is 2.32 bits per heavy atom. The zero-order valence-corrected chi connectivity index (χ0v) is 16.5. The summed E-state index contributed by atoms with van der Waals surface area (Å²) in [5, 5.41) is 6.85. The highest BCUT2D eigenvalue weighted by molar-refractivity contribution is 8.14. The lowest BCUT2D eigenvalue weighted by molar-refractivity contribution is -0.143. The Morgan fingerprint density at radius 2 is 1.68 bits per heavy atom. The number of amides is 3. The predicted molar refractivity (Wildman–Crippen MR) is 103 cm³/mol. The lowest BCUT2D eigenvalue weighted by Crippen LogP contribution is -2.49. The van der Waals surface area contributed by atoms with Crippen LogP contribution in [0.5, 0.6) is 0 Å². The zero-order chi connectivity index (χ0) is 20.9. The van der Waals surface area contributed by atoms with Crippen LogP contribution in [0, 0.1) is 0 Å². The van der Waals surface area contributed by atoms with E-state index in [9.17, 15) is 24.0 Å². The van der Waals surface area contributed by atoms with Gasteiger partial charge in [-0.2, -0.15) is 0 Å². The van der Waals surface area contributed by atoms with Crippen molar-refractivity contribution in [2.75, 3.05) is 25.4 Å². The van der Waals surface area contributed by atoms with Crippen molar-refractivity contribution in [2.24, 2.45) is 0 Å². The highest BCUT2D eigenvalue weighted by atomic mass is 32.2. The average molecular weight is 409 g/mol. The van der Waals surface area contributed by atoms with Crippen LogP contribution in [0.25, 0.3) is 0 Å². The van der Waals surface area contributed by atoms with Gasteiger partial charge in [-0.1, -0.05) is 42.1 Å². The second kappa shape index (κ2) is 12.5. The van der Waals surface area contributed by atoms with Gasteiger partial charge >= 0.3 is 5.97 Å². The van der Waals surface area contributed by atoms with Crippen LogP contribution in [-0.2, 0) is 23.9 Å². The maximum absolute atomic E-state index is 11.9. The molecular formula is C18H23N3O6S. The third-order valence-electron chi connectivity index (χ3n) is 3.27. The van der Waals surface area contributed by atoms with E-state index in [0.29, 0.717) is 5.56 Å². The van der Waals surface area contributed by atoms with Crippen molar-refractivity contribution >= 4 is 40.6 Å². The van der Waals surface area contributed by atoms with Crippen LogP contribution in [0.15, 0.2) is 30.3 Å². The van der Waals surface area contributed by atoms with E-state index in [-0.39, 0.29) is 30.6 Å². The number of nitrogens with one attached hydrogen (secondary N) is 3. The fraction of sp³-hybridized carbons (Fsp3) is 0.389. The van der Waals surface area contributed by atoms with Crippen molar-refractivity contribution < 1.29 is 28.7 Å². The first-order valence-electron chi connectivity index (χ1n) is 8.55. The maximum atomic E-state index is 11.9. The molecule has 0 fully saturated rings. The largest absolute Gasteiger partial charge is 0.465 e. The first kappa shape index (κ1) is 23.2. The lowest BCUT2D eigenvalue weighted by Gasteiger charge is -2.14. The molecule has 1 aromatic carbocycles. The number of esters is 1. The fourth-order valence-electron chi connectivity index (χ4n) is 1.90. The van der Waals surface area contributed by atoms with E-state index in [2.05, 4.69) is 20.7 Å². The van der Waals surface area contributed by atoms with Gasteiger partial charge < -0.3 is 20.7 Å². The van der Waals surface area contributed by atoms with E-state index < -0.39 is 29.7 Å². The molecule has 0 aliphatic rings. The number of benzene rings is 1. The number of hydrogen-bond donors (Lipinski definition) is 3. The number of rotatable bonds is 10. The molecular weight excluding hydrogens is 386 g/mol. The molecule has 0 bridgehead atoms. The zero-order valence-electron chi connectivity index (χ0n) is 15.7. The van der Waals surface area contributed by atoms with Gasteiger partial charge in [-0.05, 0) is 13.8 Å². The number of carbonyl (C=O) groups excluding carboxylic acids is 5. The third-order valence-corrected chi connectivity index (χ3v) is 4.18. The molecule has 3 N–H and O–H groups in total. The van der Waals surface area contributed by atoms with Gasteiger partial charge in [0.15, 0.2) is 0 Å². The van der Waals surface area contributed by atoms with E-state index in [4.69, 9.17) is 0 Å². The van der Waals surface area contributed by atoms with Gasteiger partial charge in [-0.15, -0.1) is 0 Å². The standard InChI is InChI=1S/C18H23N3O6S/c1-3-27-16(24)10-20-17(25)12(2)21-14(22)9-19-15(23)11-28-18(26)13-7-5-4-6-8-13/h4-8,12H,3,9-11H2,1-2H3,(H,19,23)(H,20,25)(H,21,22)/t12-/m1/s1. The lowest BCUT2D eigenvalue weighted by atomic mass is 10.2. The Bertz CT molecular complexity index is 711. The second-order valence-corrected chi connectivity index (χ2v) is 6.48. The molecule has 1 atom stereocenters. The minimum absolute atomic E-state index is 0.128. The smallest absolute Gasteiger partial charge is 0.325 e. The van der Waals surface area contributed by atoms with Crippen molar-refractivity contribution in [3.05, 3.63) is 35.9 Å². The van der Waals surface area contributed by atoms with Gasteiger partial charge in [-0.25, -0.2) is 0 Å². The van der Waals surface area contributed by atoms with Crippen LogP contribution < -0.4 is 16.0 Å². The number of thioether (sulfide) groups is 1. The van der Waals surface area contributed by atoms with Crippen LogP contribution in [0.1, 0.15) is 24.2 Å². The summed E-state index contributed by atoms with van der Waals surface area (Å²) in [6, 6.07) is 7.63. The van der Waals surface area contributed by atoms with Crippen LogP contribution in [-0.4, -0.2) is 60.3 Å². The van der Waals surface area contributed by atoms with Crippen molar-refractivity contribution in [1.29, 1.82) is 0 Å². The molecule has 0 aromatic heterocycles. The summed E-state index contributed by atoms with van der Waals surface area (Å²) >= 11 is 0.831. The van der Waals surface area contributed by atoms with Gasteiger partial charge in [0.05, 0.1) is 18.9 Å². The van der Waals surface area contributed by atoms with Crippen molar-refractivity contribution in [2.45, 2.75) is 19.9 Å². The molecule has 0 spiro atoms. The van der Waals surface area contributed by atoms with Crippen molar-refractivity contribution in [3.63, 3.8) is 0 Å². The van der Waals surface area contributed by atoms with Crippen LogP contribution in [0.3, 0.4) is 0 Å². The quantitative estimate of drug-likeness (QED) is 0.459. The van der Waals surface area contributed by atoms with Gasteiger partial charge in [0.2, 0.25) is 22.8 Å². The van der Waals surface area contributed by atoms with E-state index in [1.54, 1.807) is 37.3 Å². The Balaban J connectivity index is 2.25. The van der Waals surface area contributed by atoms with E-state index in [1.165, 1.54) is 6.92 Å². The summed E-state index contributed by atoms with van der Waals surface area (Å²) in [5.41, 5.74) is 0.487. The van der Waals surface area contributed by atoms with Gasteiger partial charge in [0.25, 0.3) is 0 Å². The Morgan fingerprint density at radius 1 is 1.00 bits per heavy atom. The number of ether oxygens (including phenoxy) is 1. The molecule has 0 aliphatic carbocycles. The molecule has 152 valence electrons. The highest BCUT2D eigenvalue weighted by Crippen LogP contribution is 2.11. The molecule has 0 heterocycles. The summed E-state index contributed by atoms with van der Waals surface area (Å²) in [5.74, 6) is -2.33. The number of carbonyl (C=O) groups is 5. The first-order valence-corrected chi connectivity index (χ1v) is 9.53. The Labute approximate surface area is 167 Å². The van der Waals surface area contributed by atoms with E-state index in [1.807, 2.05) is 0 Å². The summed E-state index contributed by atoms with van der Waals surface area (Å²) in [4.78, 5) is 58.4. The molecule has 0 saturated carbocycles. The van der Waals surface area contributed by atoms with Crippen molar-refractivity contribution in [1.82, 2.24) is 16.0 Å². The fourth-order valence-corrected chi connectivity index (χ4v) is 2.57. The molecule has 0 aliphatic heterocycles. The molecule has 3 amide bonds. The molecule has 1 aromatic rings. The normalized spacial score (nSPS) is 11.1. The van der Waals surface area contributed by atoms with Crippen LogP contribution in [0.2, 0.25) is 0 Å². The van der Waals surface area contributed by atoms with Crippen LogP contribution >= 0.6 is 11.8 Å². The summed E-state index contributed by atoms with van der Waals surface area (Å²) in [7, 11) is 0. The average Bonchev–Trinajstić information content (AvgIpc) is 2.69. The minimum Gasteiger partial charge on any atom is -0.465 e.